The lowest BCUT2D eigenvalue weighted by Gasteiger charge is -2.27. The maximum Gasteiger partial charge on any atom is 0.300 e. The Balaban J connectivity index is 1.96. The summed E-state index contributed by atoms with van der Waals surface area (Å²) in [5, 5.41) is 22.6. The third-order valence-electron chi connectivity index (χ3n) is 6.94. The molecule has 1 aliphatic heterocycles. The van der Waals surface area contributed by atoms with E-state index in [0.29, 0.717) is 28.5 Å². The lowest BCUT2D eigenvalue weighted by molar-refractivity contribution is -0.132. The van der Waals surface area contributed by atoms with Gasteiger partial charge in [-0.1, -0.05) is 70.5 Å². The number of ketones is 1. The fourth-order valence-corrected chi connectivity index (χ4v) is 5.01. The minimum Gasteiger partial charge on any atom is -0.507 e. The van der Waals surface area contributed by atoms with Crippen molar-refractivity contribution in [3.63, 3.8) is 0 Å². The molecule has 1 saturated heterocycles. The highest BCUT2D eigenvalue weighted by molar-refractivity contribution is 6.52. The highest BCUT2D eigenvalue weighted by Gasteiger charge is 2.48. The average Bonchev–Trinajstić information content (AvgIpc) is 3.15. The van der Waals surface area contributed by atoms with Crippen molar-refractivity contribution in [1.29, 1.82) is 0 Å². The molecule has 204 valence electrons. The number of aliphatic hydroxyl groups excluding tert-OH is 1. The van der Waals surface area contributed by atoms with Crippen LogP contribution in [0.25, 0.3) is 5.76 Å². The van der Waals surface area contributed by atoms with Gasteiger partial charge in [0.05, 0.1) is 23.9 Å². The predicted octanol–water partition coefficient (Wildman–Crippen LogP) is 7.49. The molecule has 1 fully saturated rings. The Morgan fingerprint density at radius 1 is 1.03 bits per heavy atom. The van der Waals surface area contributed by atoms with Crippen molar-refractivity contribution in [3.05, 3.63) is 93.5 Å². The molecule has 3 aromatic carbocycles. The van der Waals surface area contributed by atoms with E-state index in [9.17, 15) is 19.8 Å². The van der Waals surface area contributed by atoms with Gasteiger partial charge in [-0.25, -0.2) is 0 Å². The van der Waals surface area contributed by atoms with Crippen LogP contribution < -0.4 is 9.64 Å². The normalized spacial score (nSPS) is 17.2. The van der Waals surface area contributed by atoms with E-state index < -0.39 is 17.7 Å². The summed E-state index contributed by atoms with van der Waals surface area (Å²) in [5.74, 6) is -1.44. The summed E-state index contributed by atoms with van der Waals surface area (Å²) in [6.07, 6.45) is 0. The molecule has 2 N–H and O–H groups in total. The first kappa shape index (κ1) is 28.2. The van der Waals surface area contributed by atoms with Crippen molar-refractivity contribution in [3.8, 4) is 11.5 Å². The fraction of sp³-hybridized carbons (Fsp3) is 0.312. The Morgan fingerprint density at radius 2 is 1.69 bits per heavy atom. The summed E-state index contributed by atoms with van der Waals surface area (Å²) < 4.78 is 5.76. The van der Waals surface area contributed by atoms with E-state index >= 15 is 0 Å². The lowest BCUT2D eigenvalue weighted by atomic mass is 9.85. The number of aliphatic hydroxyl groups is 1. The molecule has 7 heteroatoms. The monoisotopic (exact) mass is 547 g/mol. The van der Waals surface area contributed by atoms with Crippen LogP contribution in [0.2, 0.25) is 5.02 Å². The van der Waals surface area contributed by atoms with Crippen LogP contribution >= 0.6 is 11.6 Å². The Labute approximate surface area is 234 Å². The molecule has 0 bridgehead atoms. The van der Waals surface area contributed by atoms with Gasteiger partial charge in [-0.05, 0) is 71.3 Å². The molecule has 1 aliphatic rings. The third kappa shape index (κ3) is 5.39. The molecule has 1 amide bonds. The first-order chi connectivity index (χ1) is 18.3. The largest absolute Gasteiger partial charge is 0.507 e. The molecule has 0 radical (unpaired) electrons. The molecular formula is C32H34ClNO5. The predicted molar refractivity (Wildman–Crippen MR) is 155 cm³/mol. The Bertz CT molecular complexity index is 1450. The number of amides is 1. The quantitative estimate of drug-likeness (QED) is 0.190. The van der Waals surface area contributed by atoms with Crippen LogP contribution in [0.4, 0.5) is 5.69 Å². The van der Waals surface area contributed by atoms with Gasteiger partial charge in [0.2, 0.25) is 0 Å². The van der Waals surface area contributed by atoms with Gasteiger partial charge in [-0.2, -0.15) is 0 Å². The van der Waals surface area contributed by atoms with Gasteiger partial charge in [0.25, 0.3) is 11.7 Å². The van der Waals surface area contributed by atoms with Crippen LogP contribution in [-0.2, 0) is 15.0 Å². The van der Waals surface area contributed by atoms with Crippen LogP contribution in [0.5, 0.6) is 11.5 Å². The summed E-state index contributed by atoms with van der Waals surface area (Å²) in [5.41, 5.74) is 2.85. The van der Waals surface area contributed by atoms with Crippen LogP contribution in [0.3, 0.4) is 0 Å². The number of phenols is 1. The second kappa shape index (κ2) is 10.8. The van der Waals surface area contributed by atoms with Gasteiger partial charge < -0.3 is 14.9 Å². The number of benzene rings is 3. The molecule has 39 heavy (non-hydrogen) atoms. The third-order valence-corrected chi connectivity index (χ3v) is 7.17. The number of carbonyl (C=O) groups excluding carboxylic acids is 2. The molecule has 1 atom stereocenters. The van der Waals surface area contributed by atoms with E-state index in [-0.39, 0.29) is 34.1 Å². The topological polar surface area (TPSA) is 87.1 Å². The van der Waals surface area contributed by atoms with Crippen LogP contribution in [0.15, 0.2) is 66.2 Å². The van der Waals surface area contributed by atoms with Gasteiger partial charge in [0.15, 0.2) is 0 Å². The number of Topliss-reactive ketones (excluding diaryl/α,β-unsaturated/α-hetero) is 1. The van der Waals surface area contributed by atoms with E-state index in [4.69, 9.17) is 16.3 Å². The summed E-state index contributed by atoms with van der Waals surface area (Å²) in [7, 11) is 0. The van der Waals surface area contributed by atoms with Crippen molar-refractivity contribution in [2.45, 2.75) is 58.9 Å². The number of hydrogen-bond acceptors (Lipinski definition) is 5. The Morgan fingerprint density at radius 3 is 2.28 bits per heavy atom. The number of nitrogens with zero attached hydrogens (tertiary/aromatic N) is 1. The van der Waals surface area contributed by atoms with Gasteiger partial charge >= 0.3 is 0 Å². The lowest BCUT2D eigenvalue weighted by Crippen LogP contribution is -2.29. The molecule has 0 spiro atoms. The van der Waals surface area contributed by atoms with Gasteiger partial charge in [0.1, 0.15) is 17.3 Å². The van der Waals surface area contributed by atoms with Crippen molar-refractivity contribution >= 4 is 34.7 Å². The van der Waals surface area contributed by atoms with E-state index in [1.54, 1.807) is 18.2 Å². The van der Waals surface area contributed by atoms with Gasteiger partial charge in [-0.15, -0.1) is 0 Å². The zero-order valence-corrected chi connectivity index (χ0v) is 23.8. The van der Waals surface area contributed by atoms with Crippen LogP contribution in [0, 0.1) is 0 Å². The Hall–Kier alpha value is -3.77. The maximum absolute atomic E-state index is 13.5. The van der Waals surface area contributed by atoms with E-state index in [0.717, 1.165) is 11.1 Å². The fourth-order valence-electron chi connectivity index (χ4n) is 4.84. The molecule has 0 aromatic heterocycles. The standard InChI is InChI=1S/C32H34ClNO5/c1-7-39-26-15-10-20(16-23(26)18(2)3)29(36)27-28(19-8-11-21(12-9-19)32(4,5)6)34(31(38)30(27)37)24-17-22(33)13-14-25(24)35/h8-18,28,35-36H,7H2,1-6H3/b29-27-. The second-order valence-corrected chi connectivity index (χ2v) is 11.5. The zero-order chi connectivity index (χ0) is 28.6. The summed E-state index contributed by atoms with van der Waals surface area (Å²) in [6.45, 7) is 12.7. The van der Waals surface area contributed by atoms with Crippen molar-refractivity contribution in [1.82, 2.24) is 0 Å². The van der Waals surface area contributed by atoms with Crippen molar-refractivity contribution in [2.24, 2.45) is 0 Å². The molecule has 3 aromatic rings. The molecule has 0 saturated carbocycles. The van der Waals surface area contributed by atoms with E-state index in [1.165, 1.54) is 23.1 Å². The highest BCUT2D eigenvalue weighted by Crippen LogP contribution is 2.46. The van der Waals surface area contributed by atoms with Gasteiger partial charge in [0, 0.05) is 10.6 Å². The van der Waals surface area contributed by atoms with Gasteiger partial charge in [-0.3, -0.25) is 14.5 Å². The minimum absolute atomic E-state index is 0.0678. The number of ether oxygens (including phenoxy) is 1. The SMILES string of the molecule is CCOc1ccc(/C(O)=C2/C(=O)C(=O)N(c3cc(Cl)ccc3O)C2c2ccc(C(C)(C)C)cc2)cc1C(C)C. The molecule has 1 unspecified atom stereocenters. The highest BCUT2D eigenvalue weighted by atomic mass is 35.5. The number of phenolic OH excluding ortho intramolecular Hbond substituents is 1. The number of hydrogen-bond donors (Lipinski definition) is 2. The average molecular weight is 548 g/mol. The molecule has 1 heterocycles. The Kier molecular flexibility index (Phi) is 7.80. The summed E-state index contributed by atoms with van der Waals surface area (Å²) >= 11 is 6.22. The number of aromatic hydroxyl groups is 1. The first-order valence-electron chi connectivity index (χ1n) is 13.0. The van der Waals surface area contributed by atoms with Crippen molar-refractivity contribution < 1.29 is 24.5 Å². The molecule has 4 rings (SSSR count). The molecule has 6 nitrogen and oxygen atoms in total. The van der Waals surface area contributed by atoms with Crippen LogP contribution in [-0.4, -0.2) is 28.5 Å². The van der Waals surface area contributed by atoms with E-state index in [2.05, 4.69) is 20.8 Å². The summed E-state index contributed by atoms with van der Waals surface area (Å²) in [4.78, 5) is 28.3. The van der Waals surface area contributed by atoms with Crippen LogP contribution in [0.1, 0.15) is 75.8 Å². The van der Waals surface area contributed by atoms with E-state index in [1.807, 2.05) is 45.0 Å². The minimum atomic E-state index is -0.988. The molecular weight excluding hydrogens is 514 g/mol. The van der Waals surface area contributed by atoms with Crippen molar-refractivity contribution in [2.75, 3.05) is 11.5 Å². The number of halogens is 1. The maximum atomic E-state index is 13.5. The summed E-state index contributed by atoms with van der Waals surface area (Å²) in [6, 6.07) is 16.1. The number of anilines is 1. The number of carbonyl (C=O) groups is 2. The molecule has 0 aliphatic carbocycles. The zero-order valence-electron chi connectivity index (χ0n) is 23.1. The first-order valence-corrected chi connectivity index (χ1v) is 13.4. The second-order valence-electron chi connectivity index (χ2n) is 11.0. The number of rotatable bonds is 6. The smallest absolute Gasteiger partial charge is 0.300 e.